The predicted octanol–water partition coefficient (Wildman–Crippen LogP) is 3.77. The molecule has 6 nitrogen and oxygen atoms in total. The van der Waals surface area contributed by atoms with Crippen LogP contribution in [0.3, 0.4) is 0 Å². The lowest BCUT2D eigenvalue weighted by molar-refractivity contribution is -0.121. The molecule has 4 rings (SSSR count). The topological polar surface area (TPSA) is 68.9 Å². The number of amides is 1. The normalized spacial score (nSPS) is 11.0. The van der Waals surface area contributed by atoms with Crippen molar-refractivity contribution in [2.24, 2.45) is 0 Å². The number of fused-ring (bicyclic) bond motifs is 1. The number of nitrogens with zero attached hydrogens (tertiary/aromatic N) is 3. The first-order valence-corrected chi connectivity index (χ1v) is 9.99. The van der Waals surface area contributed by atoms with Crippen LogP contribution in [0.2, 0.25) is 5.02 Å². The molecule has 0 radical (unpaired) electrons. The highest BCUT2D eigenvalue weighted by Crippen LogP contribution is 2.23. The lowest BCUT2D eigenvalue weighted by Crippen LogP contribution is -2.32. The largest absolute Gasteiger partial charge is 0.350 e. The van der Waals surface area contributed by atoms with E-state index in [1.807, 2.05) is 62.4 Å². The van der Waals surface area contributed by atoms with Crippen LogP contribution in [0.1, 0.15) is 16.8 Å². The molecule has 2 heterocycles. The summed E-state index contributed by atoms with van der Waals surface area (Å²) in [4.78, 5) is 25.5. The SMILES string of the molecule is Cc1cc(=O)n(CC(=O)NCc2ccccc2Cl)c2c1c(C)nn2-c1ccccc1. The minimum atomic E-state index is -0.277. The molecule has 7 heteroatoms. The molecule has 0 aliphatic rings. The summed E-state index contributed by atoms with van der Waals surface area (Å²) in [7, 11) is 0. The third-order valence-corrected chi connectivity index (χ3v) is 5.40. The van der Waals surface area contributed by atoms with E-state index in [1.54, 1.807) is 16.8 Å². The number of aryl methyl sites for hydroxylation is 2. The van der Waals surface area contributed by atoms with Gasteiger partial charge in [0.2, 0.25) is 5.91 Å². The zero-order valence-corrected chi connectivity index (χ0v) is 17.5. The number of benzene rings is 2. The Morgan fingerprint density at radius 1 is 1.07 bits per heavy atom. The van der Waals surface area contributed by atoms with Crippen LogP contribution in [0.5, 0.6) is 0 Å². The molecule has 0 bridgehead atoms. The van der Waals surface area contributed by atoms with Crippen molar-refractivity contribution in [3.8, 4) is 5.69 Å². The highest BCUT2D eigenvalue weighted by Gasteiger charge is 2.18. The third-order valence-electron chi connectivity index (χ3n) is 5.03. The Morgan fingerprint density at radius 3 is 2.50 bits per heavy atom. The smallest absolute Gasteiger partial charge is 0.252 e. The molecular formula is C23H21ClN4O2. The number of halogens is 1. The van der Waals surface area contributed by atoms with Gasteiger partial charge in [0.15, 0.2) is 0 Å². The zero-order valence-electron chi connectivity index (χ0n) is 16.7. The first kappa shape index (κ1) is 19.9. The van der Waals surface area contributed by atoms with Gasteiger partial charge in [0, 0.05) is 23.0 Å². The number of nitrogens with one attached hydrogen (secondary N) is 1. The van der Waals surface area contributed by atoms with E-state index in [4.69, 9.17) is 11.6 Å². The number of rotatable bonds is 5. The number of carbonyl (C=O) groups is 1. The summed E-state index contributed by atoms with van der Waals surface area (Å²) in [5, 5.41) is 8.95. The molecule has 0 aliphatic heterocycles. The van der Waals surface area contributed by atoms with Crippen molar-refractivity contribution in [1.29, 1.82) is 0 Å². The number of aromatic nitrogens is 3. The van der Waals surface area contributed by atoms with Gasteiger partial charge in [-0.1, -0.05) is 48.0 Å². The average Bonchev–Trinajstić information content (AvgIpc) is 3.09. The summed E-state index contributed by atoms with van der Waals surface area (Å²) < 4.78 is 3.19. The maximum absolute atomic E-state index is 12.8. The number of hydrogen-bond donors (Lipinski definition) is 1. The molecule has 2 aromatic carbocycles. The van der Waals surface area contributed by atoms with Crippen molar-refractivity contribution in [1.82, 2.24) is 19.7 Å². The molecule has 1 amide bonds. The molecule has 0 fully saturated rings. The highest BCUT2D eigenvalue weighted by atomic mass is 35.5. The lowest BCUT2D eigenvalue weighted by atomic mass is 10.1. The highest BCUT2D eigenvalue weighted by molar-refractivity contribution is 6.31. The van der Waals surface area contributed by atoms with Crippen molar-refractivity contribution in [2.45, 2.75) is 26.9 Å². The Kier molecular flexibility index (Phi) is 5.42. The molecule has 2 aromatic heterocycles. The van der Waals surface area contributed by atoms with Crippen molar-refractivity contribution < 1.29 is 4.79 Å². The molecular weight excluding hydrogens is 400 g/mol. The molecule has 0 saturated heterocycles. The van der Waals surface area contributed by atoms with Crippen LogP contribution in [-0.2, 0) is 17.9 Å². The van der Waals surface area contributed by atoms with Gasteiger partial charge in [-0.3, -0.25) is 14.2 Å². The fraction of sp³-hybridized carbons (Fsp3) is 0.174. The van der Waals surface area contributed by atoms with Gasteiger partial charge in [0.1, 0.15) is 12.2 Å². The van der Waals surface area contributed by atoms with Crippen molar-refractivity contribution in [3.63, 3.8) is 0 Å². The van der Waals surface area contributed by atoms with Gasteiger partial charge in [-0.05, 0) is 43.2 Å². The van der Waals surface area contributed by atoms with Crippen molar-refractivity contribution in [3.05, 3.63) is 92.9 Å². The minimum Gasteiger partial charge on any atom is -0.350 e. The Bertz CT molecular complexity index is 1290. The fourth-order valence-corrected chi connectivity index (χ4v) is 3.81. The lowest BCUT2D eigenvalue weighted by Gasteiger charge is -2.13. The van der Waals surface area contributed by atoms with Gasteiger partial charge in [-0.25, -0.2) is 4.68 Å². The second kappa shape index (κ2) is 8.16. The number of carbonyl (C=O) groups excluding carboxylic acids is 1. The summed E-state index contributed by atoms with van der Waals surface area (Å²) in [6.07, 6.45) is 0. The average molecular weight is 421 g/mol. The third kappa shape index (κ3) is 3.74. The number of pyridine rings is 1. The molecule has 0 aliphatic carbocycles. The van der Waals surface area contributed by atoms with E-state index in [2.05, 4.69) is 10.4 Å². The molecule has 30 heavy (non-hydrogen) atoms. The predicted molar refractivity (Wildman–Crippen MR) is 118 cm³/mol. The van der Waals surface area contributed by atoms with Crippen LogP contribution in [0.4, 0.5) is 0 Å². The van der Waals surface area contributed by atoms with Gasteiger partial charge < -0.3 is 5.32 Å². The maximum Gasteiger partial charge on any atom is 0.252 e. The first-order valence-electron chi connectivity index (χ1n) is 9.61. The minimum absolute atomic E-state index is 0.113. The maximum atomic E-state index is 12.8. The van der Waals surface area contributed by atoms with Crippen LogP contribution in [0.25, 0.3) is 16.7 Å². The van der Waals surface area contributed by atoms with Gasteiger partial charge in [0.05, 0.1) is 11.4 Å². The van der Waals surface area contributed by atoms with Crippen molar-refractivity contribution >= 4 is 28.5 Å². The molecule has 0 saturated carbocycles. The summed E-state index contributed by atoms with van der Waals surface area (Å²) in [5.74, 6) is -0.277. The van der Waals surface area contributed by atoms with Crippen LogP contribution in [0.15, 0.2) is 65.5 Å². The summed E-state index contributed by atoms with van der Waals surface area (Å²) in [5.41, 5.74) is 3.64. The Hall–Kier alpha value is -3.38. The van der Waals surface area contributed by atoms with Gasteiger partial charge in [-0.15, -0.1) is 0 Å². The number of hydrogen-bond acceptors (Lipinski definition) is 3. The Morgan fingerprint density at radius 2 is 1.77 bits per heavy atom. The monoisotopic (exact) mass is 420 g/mol. The molecule has 0 spiro atoms. The molecule has 0 unspecified atom stereocenters. The standard InChI is InChI=1S/C23H21ClN4O2/c1-15-12-21(30)27(14-20(29)25-13-17-8-6-7-11-19(17)24)23-22(15)16(2)26-28(23)18-9-4-3-5-10-18/h3-12H,13-14H2,1-2H3,(H,25,29). The first-order chi connectivity index (χ1) is 14.5. The zero-order chi connectivity index (χ0) is 21.3. The second-order valence-corrected chi connectivity index (χ2v) is 7.56. The van der Waals surface area contributed by atoms with Gasteiger partial charge in [0.25, 0.3) is 5.56 Å². The molecule has 0 atom stereocenters. The van der Waals surface area contributed by atoms with E-state index in [1.165, 1.54) is 4.57 Å². The van der Waals surface area contributed by atoms with E-state index in [0.717, 1.165) is 27.9 Å². The van der Waals surface area contributed by atoms with Crippen LogP contribution >= 0.6 is 11.6 Å². The van der Waals surface area contributed by atoms with Crippen LogP contribution in [0, 0.1) is 13.8 Å². The second-order valence-electron chi connectivity index (χ2n) is 7.15. The van der Waals surface area contributed by atoms with E-state index in [9.17, 15) is 9.59 Å². The van der Waals surface area contributed by atoms with E-state index < -0.39 is 0 Å². The van der Waals surface area contributed by atoms with Crippen LogP contribution in [-0.4, -0.2) is 20.3 Å². The summed E-state index contributed by atoms with van der Waals surface area (Å²) in [6, 6.07) is 18.5. The molecule has 4 aromatic rings. The Labute approximate surface area is 178 Å². The summed E-state index contributed by atoms with van der Waals surface area (Å²) >= 11 is 6.16. The van der Waals surface area contributed by atoms with E-state index in [-0.39, 0.29) is 18.0 Å². The quantitative estimate of drug-likeness (QED) is 0.534. The van der Waals surface area contributed by atoms with E-state index in [0.29, 0.717) is 17.2 Å². The van der Waals surface area contributed by atoms with E-state index >= 15 is 0 Å². The Balaban J connectivity index is 1.72. The van der Waals surface area contributed by atoms with Crippen LogP contribution < -0.4 is 10.9 Å². The van der Waals surface area contributed by atoms with Gasteiger partial charge in [-0.2, -0.15) is 5.10 Å². The summed E-state index contributed by atoms with van der Waals surface area (Å²) in [6.45, 7) is 3.97. The fourth-order valence-electron chi connectivity index (χ4n) is 3.60. The van der Waals surface area contributed by atoms with Gasteiger partial charge >= 0.3 is 0 Å². The molecule has 152 valence electrons. The number of para-hydroxylation sites is 1. The van der Waals surface area contributed by atoms with Crippen molar-refractivity contribution in [2.75, 3.05) is 0 Å². The molecule has 1 N–H and O–H groups in total.